The van der Waals surface area contributed by atoms with E-state index in [-0.39, 0.29) is 11.5 Å². The van der Waals surface area contributed by atoms with E-state index in [2.05, 4.69) is 0 Å². The maximum Gasteiger partial charge on any atom is 0.303 e. The average Bonchev–Trinajstić information content (AvgIpc) is 3.16. The number of hydrogen-bond donors (Lipinski definition) is 1. The first-order valence-corrected chi connectivity index (χ1v) is 18.6. The Kier molecular flexibility index (Phi) is 16.8. The molecule has 0 amide bonds. The molecule has 2 heterocycles. The minimum Gasteiger partial charge on any atom is -0.481 e. The average molecular weight is 843 g/mol. The molecule has 0 aromatic heterocycles. The van der Waals surface area contributed by atoms with Crippen molar-refractivity contribution in [3.8, 4) is 5.75 Å². The molecule has 0 aliphatic carbocycles. The fraction of sp³-hybridized carbons (Fsp3) is 0.463. The highest BCUT2D eigenvalue weighted by atomic mass is 16.8. The lowest BCUT2D eigenvalue weighted by molar-refractivity contribution is -0.349. The van der Waals surface area contributed by atoms with E-state index in [1.807, 2.05) is 30.3 Å². The largest absolute Gasteiger partial charge is 0.481 e. The lowest BCUT2D eigenvalue weighted by Gasteiger charge is -2.49. The Balaban J connectivity index is 1.75. The van der Waals surface area contributed by atoms with Gasteiger partial charge in [0.25, 0.3) is 0 Å². The number of ketones is 1. The number of carbonyl (C=O) groups excluding carboxylic acids is 7. The summed E-state index contributed by atoms with van der Waals surface area (Å²) < 4.78 is 57.2. The SMILES string of the molecule is CC(=O)OC[C@@H]1O[C@@H](Oc2ccc(C(=O)/C=C/c3ccccc3)cc2)[C@H](OC(C)=O)[C@H](CC(=O)O)[C@H]1O[C@H]1O[C@@H](COC(C)=O)[C@H](OC(C)=O)[C@@H](OC(C)=O)[C@@H]1OC(C)=O. The fourth-order valence-electron chi connectivity index (χ4n) is 6.49. The zero-order valence-electron chi connectivity index (χ0n) is 33.5. The molecule has 60 heavy (non-hydrogen) atoms. The van der Waals surface area contributed by atoms with Gasteiger partial charge < -0.3 is 52.5 Å². The molecule has 0 saturated carbocycles. The van der Waals surface area contributed by atoms with Gasteiger partial charge in [-0.05, 0) is 35.9 Å². The van der Waals surface area contributed by atoms with Crippen molar-refractivity contribution in [1.29, 1.82) is 0 Å². The smallest absolute Gasteiger partial charge is 0.303 e. The van der Waals surface area contributed by atoms with Crippen LogP contribution in [-0.4, -0.2) is 121 Å². The molecule has 2 fully saturated rings. The van der Waals surface area contributed by atoms with Crippen LogP contribution in [0.25, 0.3) is 6.08 Å². The van der Waals surface area contributed by atoms with Gasteiger partial charge in [0.2, 0.25) is 6.29 Å². The second-order valence-corrected chi connectivity index (χ2v) is 13.6. The first-order valence-electron chi connectivity index (χ1n) is 18.6. The normalized spacial score (nSPS) is 26.2. The maximum atomic E-state index is 12.9. The van der Waals surface area contributed by atoms with Gasteiger partial charge >= 0.3 is 41.8 Å². The highest BCUT2D eigenvalue weighted by molar-refractivity contribution is 6.06. The van der Waals surface area contributed by atoms with Crippen molar-refractivity contribution >= 4 is 53.6 Å². The van der Waals surface area contributed by atoms with Crippen molar-refractivity contribution in [3.63, 3.8) is 0 Å². The molecular weight excluding hydrogens is 796 g/mol. The molecule has 0 bridgehead atoms. The van der Waals surface area contributed by atoms with Crippen molar-refractivity contribution in [2.24, 2.45) is 5.92 Å². The lowest BCUT2D eigenvalue weighted by atomic mass is 9.85. The molecule has 0 spiro atoms. The molecule has 1 N–H and O–H groups in total. The molecule has 0 radical (unpaired) electrons. The van der Waals surface area contributed by atoms with Gasteiger partial charge in [-0.2, -0.15) is 0 Å². The molecule has 2 aromatic rings. The Labute approximate surface area is 344 Å². The number of carbonyl (C=O) groups is 8. The van der Waals surface area contributed by atoms with Gasteiger partial charge in [0.05, 0.1) is 12.5 Å². The minimum absolute atomic E-state index is 0.0972. The van der Waals surface area contributed by atoms with Crippen molar-refractivity contribution < 1.29 is 90.8 Å². The summed E-state index contributed by atoms with van der Waals surface area (Å²) >= 11 is 0. The van der Waals surface area contributed by atoms with E-state index in [4.69, 9.17) is 47.4 Å². The van der Waals surface area contributed by atoms with Crippen LogP contribution >= 0.6 is 0 Å². The molecule has 19 nitrogen and oxygen atoms in total. The topological polar surface area (TPSA) is 249 Å². The standard InChI is InChI=1S/C41H46O19/c1-21(42)51-19-32-35(60-41-39(56-26(6)47)38(55-25(5)46)37(54-24(4)45)33(59-41)20-52-22(2)43)30(18-34(49)50)36(53-23(3)44)40(58-32)57-29-15-13-28(14-16-29)31(48)17-12-27-10-8-7-9-11-27/h7-17,30,32-33,35-41H,18-20H2,1-6H3,(H,49,50)/b17-12+/t30-,32+,33+,35-,36-,37+,38-,39+,40-,41-/m1/s1. The van der Waals surface area contributed by atoms with Crippen LogP contribution in [-0.2, 0) is 76.2 Å². The van der Waals surface area contributed by atoms with Crippen molar-refractivity contribution in [2.45, 2.75) is 103 Å². The third kappa shape index (κ3) is 13.7. The van der Waals surface area contributed by atoms with E-state index >= 15 is 0 Å². The van der Waals surface area contributed by atoms with Crippen molar-refractivity contribution in [1.82, 2.24) is 0 Å². The monoisotopic (exact) mass is 842 g/mol. The van der Waals surface area contributed by atoms with Gasteiger partial charge in [-0.3, -0.25) is 38.4 Å². The van der Waals surface area contributed by atoms with Gasteiger partial charge in [-0.15, -0.1) is 0 Å². The van der Waals surface area contributed by atoms with Crippen LogP contribution in [0.1, 0.15) is 63.9 Å². The third-order valence-corrected chi connectivity index (χ3v) is 8.81. The highest BCUT2D eigenvalue weighted by Crippen LogP contribution is 2.38. The van der Waals surface area contributed by atoms with E-state index in [0.29, 0.717) is 5.56 Å². The number of carboxylic acids is 1. The Morgan fingerprint density at radius 1 is 0.583 bits per heavy atom. The minimum atomic E-state index is -1.84. The van der Waals surface area contributed by atoms with Crippen LogP contribution in [0.3, 0.4) is 0 Å². The molecular formula is C41H46O19. The molecule has 2 saturated heterocycles. The molecule has 0 unspecified atom stereocenters. The summed E-state index contributed by atoms with van der Waals surface area (Å²) in [6.07, 6.45) is -12.2. The second-order valence-electron chi connectivity index (χ2n) is 13.6. The zero-order valence-corrected chi connectivity index (χ0v) is 33.5. The van der Waals surface area contributed by atoms with Crippen molar-refractivity contribution in [3.05, 3.63) is 71.8 Å². The van der Waals surface area contributed by atoms with Gasteiger partial charge in [0.1, 0.15) is 31.2 Å². The predicted molar refractivity (Wildman–Crippen MR) is 200 cm³/mol. The number of ether oxygens (including phenoxy) is 10. The molecule has 10 atom stereocenters. The summed E-state index contributed by atoms with van der Waals surface area (Å²) in [7, 11) is 0. The first kappa shape index (κ1) is 46.5. The summed E-state index contributed by atoms with van der Waals surface area (Å²) in [5, 5.41) is 10.2. The molecule has 324 valence electrons. The summed E-state index contributed by atoms with van der Waals surface area (Å²) in [6, 6.07) is 15.0. The Hall–Kier alpha value is -6.18. The Morgan fingerprint density at radius 3 is 1.62 bits per heavy atom. The Bertz CT molecular complexity index is 1890. The number of hydrogen-bond acceptors (Lipinski definition) is 18. The first-order chi connectivity index (χ1) is 28.4. The molecule has 2 aliphatic heterocycles. The van der Waals surface area contributed by atoms with Gasteiger partial charge in [0.15, 0.2) is 36.5 Å². The highest BCUT2D eigenvalue weighted by Gasteiger charge is 2.57. The zero-order chi connectivity index (χ0) is 44.1. The van der Waals surface area contributed by atoms with Crippen LogP contribution < -0.4 is 4.74 Å². The third-order valence-electron chi connectivity index (χ3n) is 8.81. The van der Waals surface area contributed by atoms with E-state index < -0.39 is 123 Å². The number of allylic oxidation sites excluding steroid dienone is 1. The maximum absolute atomic E-state index is 12.9. The number of benzene rings is 2. The summed E-state index contributed by atoms with van der Waals surface area (Å²) in [5.41, 5.74) is 1.11. The van der Waals surface area contributed by atoms with Crippen LogP contribution in [0.4, 0.5) is 0 Å². The summed E-state index contributed by atoms with van der Waals surface area (Å²) in [5.74, 6) is -8.23. The molecule has 4 rings (SSSR count). The van der Waals surface area contributed by atoms with E-state index in [1.54, 1.807) is 6.08 Å². The van der Waals surface area contributed by atoms with Gasteiger partial charge in [-0.25, -0.2) is 0 Å². The van der Waals surface area contributed by atoms with Gasteiger partial charge in [0, 0.05) is 53.0 Å². The summed E-state index contributed by atoms with van der Waals surface area (Å²) in [6.45, 7) is 5.11. The molecule has 2 aliphatic rings. The van der Waals surface area contributed by atoms with Crippen molar-refractivity contribution in [2.75, 3.05) is 13.2 Å². The van der Waals surface area contributed by atoms with E-state index in [9.17, 15) is 43.5 Å². The fourth-order valence-corrected chi connectivity index (χ4v) is 6.49. The number of aliphatic carboxylic acids is 1. The predicted octanol–water partition coefficient (Wildman–Crippen LogP) is 2.74. The summed E-state index contributed by atoms with van der Waals surface area (Å²) in [4.78, 5) is 99.0. The van der Waals surface area contributed by atoms with Crippen LogP contribution in [0, 0.1) is 5.92 Å². The number of carboxylic acid groups (broad SMARTS) is 1. The van der Waals surface area contributed by atoms with Crippen LogP contribution in [0.2, 0.25) is 0 Å². The lowest BCUT2D eigenvalue weighted by Crippen LogP contribution is -2.66. The van der Waals surface area contributed by atoms with E-state index in [0.717, 1.165) is 47.1 Å². The number of esters is 6. The Morgan fingerprint density at radius 2 is 1.08 bits per heavy atom. The molecule has 19 heteroatoms. The van der Waals surface area contributed by atoms with Crippen LogP contribution in [0.5, 0.6) is 5.75 Å². The van der Waals surface area contributed by atoms with Gasteiger partial charge in [-0.1, -0.05) is 36.4 Å². The quantitative estimate of drug-likeness (QED) is 0.104. The number of rotatable bonds is 17. The van der Waals surface area contributed by atoms with Crippen LogP contribution in [0.15, 0.2) is 60.7 Å². The second kappa shape index (κ2) is 21.7. The van der Waals surface area contributed by atoms with E-state index in [1.165, 1.54) is 30.3 Å². The molecule has 2 aromatic carbocycles.